The average Bonchev–Trinajstić information content (AvgIpc) is 3.42. The number of nitrogens with one attached hydrogen (secondary N) is 1. The van der Waals surface area contributed by atoms with Gasteiger partial charge in [-0.1, -0.05) is 41.2 Å². The number of rotatable bonds is 5. The van der Waals surface area contributed by atoms with Crippen molar-refractivity contribution in [2.45, 2.75) is 31.6 Å². The van der Waals surface area contributed by atoms with E-state index < -0.39 is 15.9 Å². The zero-order chi connectivity index (χ0) is 23.9. The number of hydrogen-bond acceptors (Lipinski definition) is 6. The summed E-state index contributed by atoms with van der Waals surface area (Å²) in [7, 11) is -3.65. The molecule has 3 heterocycles. The van der Waals surface area contributed by atoms with Gasteiger partial charge in [-0.25, -0.2) is 13.4 Å². The maximum atomic E-state index is 13.2. The van der Waals surface area contributed by atoms with Gasteiger partial charge in [0.15, 0.2) is 0 Å². The minimum Gasteiger partial charge on any atom is -0.310 e. The summed E-state index contributed by atoms with van der Waals surface area (Å²) in [4.78, 5) is 18.1. The Labute approximate surface area is 202 Å². The minimum absolute atomic E-state index is 0.149. The molecule has 1 fully saturated rings. The number of amides is 1. The number of benzene rings is 2. The van der Waals surface area contributed by atoms with Crippen molar-refractivity contribution in [3.8, 4) is 5.13 Å². The Balaban J connectivity index is 1.35. The second kappa shape index (κ2) is 8.94. The maximum Gasteiger partial charge on any atom is 0.243 e. The summed E-state index contributed by atoms with van der Waals surface area (Å²) < 4.78 is 30.3. The summed E-state index contributed by atoms with van der Waals surface area (Å²) in [6.45, 7) is 4.33. The van der Waals surface area contributed by atoms with Crippen molar-refractivity contribution in [3.63, 3.8) is 0 Å². The largest absolute Gasteiger partial charge is 0.310 e. The number of carbonyl (C=O) groups excluding carboxylic acids is 1. The highest BCUT2D eigenvalue weighted by atomic mass is 32.2. The topological polar surface area (TPSA) is 97.2 Å². The van der Waals surface area contributed by atoms with Gasteiger partial charge in [-0.2, -0.15) is 14.1 Å². The van der Waals surface area contributed by atoms with Crippen LogP contribution in [0.2, 0.25) is 0 Å². The predicted molar refractivity (Wildman–Crippen MR) is 133 cm³/mol. The van der Waals surface area contributed by atoms with Gasteiger partial charge in [0.2, 0.25) is 21.1 Å². The third-order valence-corrected chi connectivity index (χ3v) is 8.85. The number of piperidine rings is 1. The summed E-state index contributed by atoms with van der Waals surface area (Å²) in [6, 6.07) is 16.4. The smallest absolute Gasteiger partial charge is 0.243 e. The number of hydrogen-bond donors (Lipinski definition) is 1. The SMILES string of the molecule is Cc1ccc(S(=O)(=O)N2CCCC(C(=O)Nc3cc(C)nn3-c3nc4ccccc4s3)C2)cc1. The Bertz CT molecular complexity index is 1420. The molecular formula is C24H25N5O3S2. The second-order valence-corrected chi connectivity index (χ2v) is 11.5. The van der Waals surface area contributed by atoms with Gasteiger partial charge in [0.25, 0.3) is 0 Å². The van der Waals surface area contributed by atoms with E-state index >= 15 is 0 Å². The third-order valence-electron chi connectivity index (χ3n) is 5.96. The van der Waals surface area contributed by atoms with Crippen molar-refractivity contribution in [2.24, 2.45) is 5.92 Å². The molecule has 0 radical (unpaired) electrons. The molecule has 1 saturated heterocycles. The van der Waals surface area contributed by atoms with Gasteiger partial charge >= 0.3 is 0 Å². The Hall–Kier alpha value is -3.08. The third kappa shape index (κ3) is 4.36. The normalized spacial score (nSPS) is 17.2. The highest BCUT2D eigenvalue weighted by Crippen LogP contribution is 2.29. The molecule has 34 heavy (non-hydrogen) atoms. The number of carbonyl (C=O) groups is 1. The molecular weight excluding hydrogens is 470 g/mol. The quantitative estimate of drug-likeness (QED) is 0.449. The number of anilines is 1. The molecule has 2 aromatic carbocycles. The summed E-state index contributed by atoms with van der Waals surface area (Å²) in [5.74, 6) is -0.140. The van der Waals surface area contributed by atoms with Crippen molar-refractivity contribution in [2.75, 3.05) is 18.4 Å². The van der Waals surface area contributed by atoms with E-state index in [-0.39, 0.29) is 17.3 Å². The summed E-state index contributed by atoms with van der Waals surface area (Å²) in [5, 5.41) is 8.15. The predicted octanol–water partition coefficient (Wildman–Crippen LogP) is 4.14. The van der Waals surface area contributed by atoms with E-state index in [2.05, 4.69) is 15.4 Å². The van der Waals surface area contributed by atoms with Gasteiger partial charge in [0.1, 0.15) is 5.82 Å². The molecule has 4 aromatic rings. The molecule has 0 bridgehead atoms. The number of para-hydroxylation sites is 1. The molecule has 1 N–H and O–H groups in total. The molecule has 1 aliphatic rings. The molecule has 10 heteroatoms. The van der Waals surface area contributed by atoms with Crippen LogP contribution in [-0.4, -0.2) is 46.5 Å². The summed E-state index contributed by atoms with van der Waals surface area (Å²) in [6.07, 6.45) is 1.25. The Morgan fingerprint density at radius 2 is 1.88 bits per heavy atom. The van der Waals surface area contributed by atoms with E-state index in [9.17, 15) is 13.2 Å². The lowest BCUT2D eigenvalue weighted by Gasteiger charge is -2.31. The first kappa shape index (κ1) is 22.7. The van der Waals surface area contributed by atoms with E-state index in [1.165, 1.54) is 15.6 Å². The van der Waals surface area contributed by atoms with Crippen molar-refractivity contribution in [1.29, 1.82) is 0 Å². The Morgan fingerprint density at radius 1 is 1.12 bits per heavy atom. The molecule has 0 saturated carbocycles. The second-order valence-electron chi connectivity index (χ2n) is 8.55. The van der Waals surface area contributed by atoms with Gasteiger partial charge in [0.05, 0.1) is 26.7 Å². The molecule has 0 spiro atoms. The van der Waals surface area contributed by atoms with E-state index in [4.69, 9.17) is 0 Å². The van der Waals surface area contributed by atoms with Gasteiger partial charge < -0.3 is 5.32 Å². The van der Waals surface area contributed by atoms with Crippen molar-refractivity contribution >= 4 is 43.3 Å². The van der Waals surface area contributed by atoms with Gasteiger partial charge in [0, 0.05) is 19.2 Å². The summed E-state index contributed by atoms with van der Waals surface area (Å²) >= 11 is 1.49. The molecule has 176 valence electrons. The van der Waals surface area contributed by atoms with Crippen LogP contribution in [0.5, 0.6) is 0 Å². The van der Waals surface area contributed by atoms with Crippen LogP contribution >= 0.6 is 11.3 Å². The molecule has 2 aromatic heterocycles. The molecule has 0 aliphatic carbocycles. The van der Waals surface area contributed by atoms with Gasteiger partial charge in [-0.3, -0.25) is 4.79 Å². The van der Waals surface area contributed by atoms with Crippen LogP contribution in [0.25, 0.3) is 15.3 Å². The number of aromatic nitrogens is 3. The van der Waals surface area contributed by atoms with E-state index in [0.29, 0.717) is 30.3 Å². The molecule has 1 unspecified atom stereocenters. The van der Waals surface area contributed by atoms with E-state index in [1.54, 1.807) is 35.0 Å². The Kier molecular flexibility index (Phi) is 5.97. The highest BCUT2D eigenvalue weighted by Gasteiger charge is 2.33. The molecule has 5 rings (SSSR count). The fourth-order valence-electron chi connectivity index (χ4n) is 4.15. The summed E-state index contributed by atoms with van der Waals surface area (Å²) in [5.41, 5.74) is 2.62. The molecule has 1 aliphatic heterocycles. The average molecular weight is 496 g/mol. The van der Waals surface area contributed by atoms with Gasteiger partial charge in [-0.05, 0) is 51.0 Å². The number of nitrogens with zero attached hydrogens (tertiary/aromatic N) is 4. The molecule has 8 nitrogen and oxygen atoms in total. The lowest BCUT2D eigenvalue weighted by molar-refractivity contribution is -0.120. The maximum absolute atomic E-state index is 13.2. The molecule has 1 amide bonds. The van der Waals surface area contributed by atoms with Crippen molar-refractivity contribution in [1.82, 2.24) is 19.1 Å². The molecule has 1 atom stereocenters. The van der Waals surface area contributed by atoms with E-state index in [0.717, 1.165) is 21.5 Å². The van der Waals surface area contributed by atoms with Crippen molar-refractivity contribution in [3.05, 3.63) is 65.9 Å². The van der Waals surface area contributed by atoms with Crippen molar-refractivity contribution < 1.29 is 13.2 Å². The number of sulfonamides is 1. The Morgan fingerprint density at radius 3 is 2.65 bits per heavy atom. The minimum atomic E-state index is -3.65. The fraction of sp³-hybridized carbons (Fsp3) is 0.292. The van der Waals surface area contributed by atoms with E-state index in [1.807, 2.05) is 38.1 Å². The van der Waals surface area contributed by atoms with Gasteiger partial charge in [-0.15, -0.1) is 0 Å². The zero-order valence-corrected chi connectivity index (χ0v) is 20.6. The first-order valence-electron chi connectivity index (χ1n) is 11.1. The van der Waals surface area contributed by atoms with Crippen LogP contribution in [0.15, 0.2) is 59.5 Å². The fourth-order valence-corrected chi connectivity index (χ4v) is 6.60. The lowest BCUT2D eigenvalue weighted by atomic mass is 9.99. The standard InChI is InChI=1S/C24H25N5O3S2/c1-16-9-11-19(12-10-16)34(31,32)28-13-5-6-18(15-28)23(30)26-22-14-17(2)27-29(22)24-25-20-7-3-4-8-21(20)33-24/h3-4,7-12,14,18H,5-6,13,15H2,1-2H3,(H,26,30). The lowest BCUT2D eigenvalue weighted by Crippen LogP contribution is -2.43. The van der Waals surface area contributed by atoms with Crippen LogP contribution in [0.4, 0.5) is 5.82 Å². The van der Waals surface area contributed by atoms with Crippen LogP contribution < -0.4 is 5.32 Å². The monoisotopic (exact) mass is 495 g/mol. The van der Waals surface area contributed by atoms with Crippen LogP contribution in [-0.2, 0) is 14.8 Å². The highest BCUT2D eigenvalue weighted by molar-refractivity contribution is 7.89. The van der Waals surface area contributed by atoms with Crippen LogP contribution in [0.3, 0.4) is 0 Å². The number of thiazole rings is 1. The number of fused-ring (bicyclic) bond motifs is 1. The number of aryl methyl sites for hydroxylation is 2. The van der Waals surface area contributed by atoms with Crippen LogP contribution in [0.1, 0.15) is 24.1 Å². The van der Waals surface area contributed by atoms with Crippen LogP contribution in [0, 0.1) is 19.8 Å². The zero-order valence-electron chi connectivity index (χ0n) is 18.9. The first-order chi connectivity index (χ1) is 16.3. The first-order valence-corrected chi connectivity index (χ1v) is 13.4.